The molecule has 0 atom stereocenters. The van der Waals surface area contributed by atoms with Crippen LogP contribution in [0.5, 0.6) is 5.75 Å². The quantitative estimate of drug-likeness (QED) is 0.817. The monoisotopic (exact) mass is 297 g/mol. The maximum Gasteiger partial charge on any atom is 0.119 e. The van der Waals surface area contributed by atoms with Crippen molar-refractivity contribution in [3.05, 3.63) is 64.7 Å². The number of benzene rings is 2. The summed E-state index contributed by atoms with van der Waals surface area (Å²) in [6.07, 6.45) is 0. The van der Waals surface area contributed by atoms with Crippen LogP contribution in [0.4, 0.5) is 0 Å². The Morgan fingerprint density at radius 1 is 0.909 bits per heavy atom. The lowest BCUT2D eigenvalue weighted by molar-refractivity contribution is 0.304. The van der Waals surface area contributed by atoms with Gasteiger partial charge in [0.1, 0.15) is 12.4 Å². The minimum Gasteiger partial charge on any atom is -0.489 e. The van der Waals surface area contributed by atoms with Gasteiger partial charge in [0, 0.05) is 6.54 Å². The van der Waals surface area contributed by atoms with E-state index in [2.05, 4.69) is 70.2 Å². The molecule has 0 saturated carbocycles. The standard InChI is InChI=1S/C20H27NO/c1-14(2)17-7-9-19(10-8-17)22-13-18-6-5-16(12-21)11-20(18)15(3)4/h5-11,14-15H,12-13,21H2,1-4H3. The summed E-state index contributed by atoms with van der Waals surface area (Å²) in [5.41, 5.74) is 10.8. The molecule has 2 aromatic carbocycles. The third-order valence-electron chi connectivity index (χ3n) is 4.01. The van der Waals surface area contributed by atoms with Gasteiger partial charge in [-0.3, -0.25) is 0 Å². The van der Waals surface area contributed by atoms with Gasteiger partial charge in [-0.2, -0.15) is 0 Å². The fourth-order valence-electron chi connectivity index (χ4n) is 2.55. The number of hydrogen-bond acceptors (Lipinski definition) is 2. The van der Waals surface area contributed by atoms with Gasteiger partial charge < -0.3 is 10.5 Å². The molecular formula is C20H27NO. The lowest BCUT2D eigenvalue weighted by atomic mass is 9.95. The molecule has 0 aliphatic carbocycles. The molecule has 0 heterocycles. The lowest BCUT2D eigenvalue weighted by Crippen LogP contribution is -2.05. The highest BCUT2D eigenvalue weighted by atomic mass is 16.5. The van der Waals surface area contributed by atoms with Gasteiger partial charge in [-0.05, 0) is 46.2 Å². The largest absolute Gasteiger partial charge is 0.489 e. The molecule has 2 nitrogen and oxygen atoms in total. The Bertz CT molecular complexity index is 600. The second-order valence-corrected chi connectivity index (χ2v) is 6.40. The van der Waals surface area contributed by atoms with Gasteiger partial charge in [0.2, 0.25) is 0 Å². The fraction of sp³-hybridized carbons (Fsp3) is 0.400. The molecule has 0 aliphatic heterocycles. The third-order valence-corrected chi connectivity index (χ3v) is 4.01. The van der Waals surface area contributed by atoms with Crippen molar-refractivity contribution in [2.45, 2.75) is 52.7 Å². The first-order chi connectivity index (χ1) is 10.5. The molecule has 118 valence electrons. The Morgan fingerprint density at radius 3 is 2.14 bits per heavy atom. The van der Waals surface area contributed by atoms with Crippen LogP contribution in [0.3, 0.4) is 0 Å². The zero-order chi connectivity index (χ0) is 16.1. The number of nitrogens with two attached hydrogens (primary N) is 1. The van der Waals surface area contributed by atoms with Crippen LogP contribution in [0.1, 0.15) is 61.8 Å². The van der Waals surface area contributed by atoms with E-state index in [-0.39, 0.29) is 0 Å². The molecule has 2 aromatic rings. The average Bonchev–Trinajstić information content (AvgIpc) is 2.53. The summed E-state index contributed by atoms with van der Waals surface area (Å²) in [4.78, 5) is 0. The van der Waals surface area contributed by atoms with Crippen LogP contribution >= 0.6 is 0 Å². The van der Waals surface area contributed by atoms with Crippen LogP contribution in [0.15, 0.2) is 42.5 Å². The minimum atomic E-state index is 0.466. The van der Waals surface area contributed by atoms with Crippen molar-refractivity contribution in [3.63, 3.8) is 0 Å². The molecule has 0 radical (unpaired) electrons. The minimum absolute atomic E-state index is 0.466. The van der Waals surface area contributed by atoms with Crippen molar-refractivity contribution >= 4 is 0 Å². The van der Waals surface area contributed by atoms with Gasteiger partial charge in [-0.15, -0.1) is 0 Å². The van der Waals surface area contributed by atoms with Crippen LogP contribution < -0.4 is 10.5 Å². The summed E-state index contributed by atoms with van der Waals surface area (Å²) in [7, 11) is 0. The van der Waals surface area contributed by atoms with E-state index in [0.29, 0.717) is 25.0 Å². The highest BCUT2D eigenvalue weighted by Gasteiger charge is 2.08. The van der Waals surface area contributed by atoms with Gasteiger partial charge in [-0.1, -0.05) is 58.0 Å². The first-order valence-electron chi connectivity index (χ1n) is 8.05. The molecule has 2 rings (SSSR count). The molecule has 22 heavy (non-hydrogen) atoms. The second kappa shape index (κ2) is 7.46. The van der Waals surface area contributed by atoms with E-state index in [1.54, 1.807) is 0 Å². The molecule has 0 aromatic heterocycles. The van der Waals surface area contributed by atoms with Crippen LogP contribution in [0, 0.1) is 0 Å². The third kappa shape index (κ3) is 4.11. The number of ether oxygens (including phenoxy) is 1. The summed E-state index contributed by atoms with van der Waals surface area (Å²) >= 11 is 0. The molecule has 0 aliphatic rings. The summed E-state index contributed by atoms with van der Waals surface area (Å²) in [6, 6.07) is 14.8. The first kappa shape index (κ1) is 16.6. The molecule has 2 N–H and O–H groups in total. The van der Waals surface area contributed by atoms with E-state index in [9.17, 15) is 0 Å². The summed E-state index contributed by atoms with van der Waals surface area (Å²) < 4.78 is 5.96. The van der Waals surface area contributed by atoms with Crippen LogP contribution in [-0.4, -0.2) is 0 Å². The fourth-order valence-corrected chi connectivity index (χ4v) is 2.55. The van der Waals surface area contributed by atoms with Gasteiger partial charge in [0.25, 0.3) is 0 Å². The van der Waals surface area contributed by atoms with Gasteiger partial charge in [0.05, 0.1) is 0 Å². The summed E-state index contributed by atoms with van der Waals surface area (Å²) in [6.45, 7) is 9.98. The molecule has 0 amide bonds. The summed E-state index contributed by atoms with van der Waals surface area (Å²) in [5.74, 6) is 1.93. The topological polar surface area (TPSA) is 35.2 Å². The van der Waals surface area contributed by atoms with Crippen molar-refractivity contribution in [2.75, 3.05) is 0 Å². The zero-order valence-corrected chi connectivity index (χ0v) is 14.1. The highest BCUT2D eigenvalue weighted by molar-refractivity contribution is 5.35. The van der Waals surface area contributed by atoms with Crippen LogP contribution in [0.25, 0.3) is 0 Å². The van der Waals surface area contributed by atoms with Crippen molar-refractivity contribution < 1.29 is 4.74 Å². The van der Waals surface area contributed by atoms with E-state index < -0.39 is 0 Å². The molecule has 0 fully saturated rings. The molecule has 0 saturated heterocycles. The Kier molecular flexibility index (Phi) is 5.62. The molecule has 0 unspecified atom stereocenters. The van der Waals surface area contributed by atoms with Crippen molar-refractivity contribution in [1.29, 1.82) is 0 Å². The van der Waals surface area contributed by atoms with Gasteiger partial charge in [-0.25, -0.2) is 0 Å². The Labute approximate surface area is 134 Å². The second-order valence-electron chi connectivity index (χ2n) is 6.40. The Morgan fingerprint density at radius 2 is 1.59 bits per heavy atom. The SMILES string of the molecule is CC(C)c1ccc(OCc2ccc(CN)cc2C(C)C)cc1. The van der Waals surface area contributed by atoms with E-state index in [1.165, 1.54) is 22.3 Å². The number of hydrogen-bond donors (Lipinski definition) is 1. The van der Waals surface area contributed by atoms with E-state index in [0.717, 1.165) is 5.75 Å². The number of rotatable bonds is 6. The predicted molar refractivity (Wildman–Crippen MR) is 93.3 cm³/mol. The maximum absolute atomic E-state index is 5.96. The molecular weight excluding hydrogens is 270 g/mol. The maximum atomic E-state index is 5.96. The van der Waals surface area contributed by atoms with E-state index in [4.69, 9.17) is 10.5 Å². The predicted octanol–water partition coefficient (Wildman–Crippen LogP) is 4.97. The average molecular weight is 297 g/mol. The van der Waals surface area contributed by atoms with Crippen molar-refractivity contribution in [3.8, 4) is 5.75 Å². The molecule has 0 spiro atoms. The first-order valence-corrected chi connectivity index (χ1v) is 8.05. The van der Waals surface area contributed by atoms with E-state index >= 15 is 0 Å². The molecule has 2 heteroatoms. The van der Waals surface area contributed by atoms with E-state index in [1.807, 2.05) is 0 Å². The van der Waals surface area contributed by atoms with Crippen LogP contribution in [0.2, 0.25) is 0 Å². The summed E-state index contributed by atoms with van der Waals surface area (Å²) in [5, 5.41) is 0. The van der Waals surface area contributed by atoms with Crippen LogP contribution in [-0.2, 0) is 13.2 Å². The lowest BCUT2D eigenvalue weighted by Gasteiger charge is -2.15. The molecule has 0 bridgehead atoms. The van der Waals surface area contributed by atoms with Crippen molar-refractivity contribution in [2.24, 2.45) is 5.73 Å². The highest BCUT2D eigenvalue weighted by Crippen LogP contribution is 2.24. The zero-order valence-electron chi connectivity index (χ0n) is 14.1. The Hall–Kier alpha value is -1.80. The normalized spacial score (nSPS) is 11.2. The Balaban J connectivity index is 2.10. The smallest absolute Gasteiger partial charge is 0.119 e. The van der Waals surface area contributed by atoms with Gasteiger partial charge in [0.15, 0.2) is 0 Å². The van der Waals surface area contributed by atoms with Gasteiger partial charge >= 0.3 is 0 Å². The van der Waals surface area contributed by atoms with Crippen molar-refractivity contribution in [1.82, 2.24) is 0 Å².